The second kappa shape index (κ2) is 3.24. The first-order chi connectivity index (χ1) is 5.15. The number of hydrogen-bond donors (Lipinski definition) is 0. The van der Waals surface area contributed by atoms with Gasteiger partial charge in [-0.15, -0.1) is 0 Å². The highest BCUT2D eigenvalue weighted by atomic mass is 35.5. The largest absolute Gasteiger partial charge is 0.422 e. The van der Waals surface area contributed by atoms with Crippen LogP contribution in [0, 0.1) is 0 Å². The highest BCUT2D eigenvalue weighted by molar-refractivity contribution is 6.32. The fourth-order valence-electron chi connectivity index (χ4n) is 0.608. The maximum absolute atomic E-state index is 10.7. The van der Waals surface area contributed by atoms with Crippen molar-refractivity contribution in [3.05, 3.63) is 26.5 Å². The van der Waals surface area contributed by atoms with E-state index in [1.165, 1.54) is 0 Å². The molecule has 0 fully saturated rings. The lowest BCUT2D eigenvalue weighted by molar-refractivity contribution is 0.457. The normalized spacial score (nSPS) is 10.1. The molecule has 3 nitrogen and oxygen atoms in total. The van der Waals surface area contributed by atoms with Gasteiger partial charge in [0.05, 0.1) is 0 Å². The van der Waals surface area contributed by atoms with Crippen LogP contribution in [-0.2, 0) is 6.42 Å². The molecule has 0 saturated carbocycles. The van der Waals surface area contributed by atoms with E-state index in [0.29, 0.717) is 12.2 Å². The Balaban J connectivity index is 3.32. The summed E-state index contributed by atoms with van der Waals surface area (Å²) in [7, 11) is 0. The van der Waals surface area contributed by atoms with Gasteiger partial charge in [0.15, 0.2) is 5.15 Å². The van der Waals surface area contributed by atoms with Crippen LogP contribution in [-0.4, -0.2) is 4.98 Å². The van der Waals surface area contributed by atoms with Gasteiger partial charge in [0.25, 0.3) is 0 Å². The highest BCUT2D eigenvalue weighted by Crippen LogP contribution is 2.12. The molecular weight excluding hydrogens is 189 g/mol. The van der Waals surface area contributed by atoms with Crippen molar-refractivity contribution in [2.75, 3.05) is 0 Å². The molecule has 0 aliphatic carbocycles. The number of aromatic nitrogens is 1. The Labute approximate surface area is 73.0 Å². The molecule has 1 aromatic heterocycles. The highest BCUT2D eigenvalue weighted by Gasteiger charge is 2.06. The summed E-state index contributed by atoms with van der Waals surface area (Å²) in [6.45, 7) is 1.81. The molecule has 0 saturated heterocycles. The van der Waals surface area contributed by atoms with E-state index < -0.39 is 5.63 Å². The zero-order valence-electron chi connectivity index (χ0n) is 5.73. The van der Waals surface area contributed by atoms with Crippen LogP contribution in [0.15, 0.2) is 9.21 Å². The van der Waals surface area contributed by atoms with E-state index in [1.54, 1.807) is 6.92 Å². The van der Waals surface area contributed by atoms with E-state index in [1.807, 2.05) is 0 Å². The number of rotatable bonds is 1. The average molecular weight is 194 g/mol. The van der Waals surface area contributed by atoms with Crippen molar-refractivity contribution < 1.29 is 4.42 Å². The zero-order valence-corrected chi connectivity index (χ0v) is 7.24. The van der Waals surface area contributed by atoms with Crippen molar-refractivity contribution in [3.63, 3.8) is 0 Å². The lowest BCUT2D eigenvalue weighted by Gasteiger charge is -1.96. The number of nitrogens with zero attached hydrogens (tertiary/aromatic N) is 1. The molecule has 11 heavy (non-hydrogen) atoms. The Hall–Kier alpha value is -0.540. The smallest absolute Gasteiger partial charge is 0.374 e. The lowest BCUT2D eigenvalue weighted by Crippen LogP contribution is -2.04. The molecule has 60 valence electrons. The summed E-state index contributed by atoms with van der Waals surface area (Å²) < 4.78 is 4.71. The molecule has 0 aliphatic rings. The van der Waals surface area contributed by atoms with Crippen LogP contribution in [0.3, 0.4) is 0 Å². The Morgan fingerprint density at radius 2 is 2.09 bits per heavy atom. The molecule has 0 aromatic carbocycles. The van der Waals surface area contributed by atoms with Crippen LogP contribution < -0.4 is 5.63 Å². The quantitative estimate of drug-likeness (QED) is 0.685. The van der Waals surface area contributed by atoms with Gasteiger partial charge >= 0.3 is 5.63 Å². The van der Waals surface area contributed by atoms with Crippen molar-refractivity contribution in [2.45, 2.75) is 13.3 Å². The van der Waals surface area contributed by atoms with Gasteiger partial charge < -0.3 is 4.42 Å². The van der Waals surface area contributed by atoms with Crippen molar-refractivity contribution in [3.8, 4) is 0 Å². The SMILES string of the molecule is CCc1oc(=O)c(Cl)nc1Cl. The van der Waals surface area contributed by atoms with E-state index in [4.69, 9.17) is 27.6 Å². The summed E-state index contributed by atoms with van der Waals surface area (Å²) in [5.41, 5.74) is -0.645. The second-order valence-electron chi connectivity index (χ2n) is 1.86. The fourth-order valence-corrected chi connectivity index (χ4v) is 1.03. The topological polar surface area (TPSA) is 43.1 Å². The third-order valence-electron chi connectivity index (χ3n) is 1.13. The maximum Gasteiger partial charge on any atom is 0.374 e. The first-order valence-electron chi connectivity index (χ1n) is 3.00. The first kappa shape index (κ1) is 8.56. The summed E-state index contributed by atoms with van der Waals surface area (Å²) in [6, 6.07) is 0. The molecule has 1 rings (SSSR count). The minimum absolute atomic E-state index is 0.150. The summed E-state index contributed by atoms with van der Waals surface area (Å²) >= 11 is 10.9. The predicted octanol–water partition coefficient (Wildman–Crippen LogP) is 1.90. The maximum atomic E-state index is 10.7. The number of hydrogen-bond acceptors (Lipinski definition) is 3. The van der Waals surface area contributed by atoms with Crippen molar-refractivity contribution in [2.24, 2.45) is 0 Å². The molecule has 5 heteroatoms. The minimum atomic E-state index is -0.645. The Morgan fingerprint density at radius 1 is 1.45 bits per heavy atom. The minimum Gasteiger partial charge on any atom is -0.422 e. The van der Waals surface area contributed by atoms with Gasteiger partial charge in [-0.2, -0.15) is 0 Å². The Bertz CT molecular complexity index is 321. The molecule has 0 unspecified atom stereocenters. The lowest BCUT2D eigenvalue weighted by atomic mass is 10.4. The third kappa shape index (κ3) is 1.73. The van der Waals surface area contributed by atoms with Gasteiger partial charge in [0.1, 0.15) is 5.76 Å². The monoisotopic (exact) mass is 193 g/mol. The van der Waals surface area contributed by atoms with Gasteiger partial charge in [-0.1, -0.05) is 30.1 Å². The average Bonchev–Trinajstić information content (AvgIpc) is 1.97. The first-order valence-corrected chi connectivity index (χ1v) is 3.75. The van der Waals surface area contributed by atoms with E-state index in [2.05, 4.69) is 4.98 Å². The van der Waals surface area contributed by atoms with Gasteiger partial charge in [0, 0.05) is 6.42 Å². The molecule has 0 radical (unpaired) electrons. The van der Waals surface area contributed by atoms with E-state index in [-0.39, 0.29) is 10.3 Å². The van der Waals surface area contributed by atoms with Crippen LogP contribution in [0.4, 0.5) is 0 Å². The van der Waals surface area contributed by atoms with E-state index >= 15 is 0 Å². The summed E-state index contributed by atoms with van der Waals surface area (Å²) in [5, 5.41) is -0.0794. The molecule has 0 N–H and O–H groups in total. The van der Waals surface area contributed by atoms with Crippen LogP contribution in [0.2, 0.25) is 10.3 Å². The van der Waals surface area contributed by atoms with Gasteiger partial charge in [-0.3, -0.25) is 0 Å². The van der Waals surface area contributed by atoms with Crippen LogP contribution in [0.25, 0.3) is 0 Å². The molecule has 0 bridgehead atoms. The second-order valence-corrected chi connectivity index (χ2v) is 2.58. The van der Waals surface area contributed by atoms with Crippen molar-refractivity contribution in [1.82, 2.24) is 4.98 Å². The molecule has 0 spiro atoms. The number of halogens is 2. The standard InChI is InChI=1S/C6H5Cl2NO2/c1-2-3-4(7)9-5(8)6(10)11-3/h2H2,1H3. The Morgan fingerprint density at radius 3 is 2.64 bits per heavy atom. The fraction of sp³-hybridized carbons (Fsp3) is 0.333. The number of aryl methyl sites for hydroxylation is 1. The van der Waals surface area contributed by atoms with Crippen LogP contribution >= 0.6 is 23.2 Å². The van der Waals surface area contributed by atoms with Gasteiger partial charge in [0.2, 0.25) is 5.15 Å². The molecule has 0 amide bonds. The van der Waals surface area contributed by atoms with Gasteiger partial charge in [-0.25, -0.2) is 9.78 Å². The van der Waals surface area contributed by atoms with Crippen LogP contribution in [0.5, 0.6) is 0 Å². The van der Waals surface area contributed by atoms with E-state index in [0.717, 1.165) is 0 Å². The summed E-state index contributed by atoms with van der Waals surface area (Å²) in [4.78, 5) is 14.3. The molecule has 1 aromatic rings. The Kier molecular flexibility index (Phi) is 2.52. The zero-order chi connectivity index (χ0) is 8.43. The van der Waals surface area contributed by atoms with E-state index in [9.17, 15) is 4.79 Å². The summed E-state index contributed by atoms with van der Waals surface area (Å²) in [6.07, 6.45) is 0.526. The van der Waals surface area contributed by atoms with Gasteiger partial charge in [-0.05, 0) is 0 Å². The third-order valence-corrected chi connectivity index (χ3v) is 1.67. The predicted molar refractivity (Wildman–Crippen MR) is 42.2 cm³/mol. The van der Waals surface area contributed by atoms with Crippen molar-refractivity contribution in [1.29, 1.82) is 0 Å². The molecule has 1 heterocycles. The molecule has 0 aliphatic heterocycles. The summed E-state index contributed by atoms with van der Waals surface area (Å²) in [5.74, 6) is 0.362. The van der Waals surface area contributed by atoms with Crippen LogP contribution in [0.1, 0.15) is 12.7 Å². The molecule has 0 atom stereocenters. The van der Waals surface area contributed by atoms with Crippen molar-refractivity contribution >= 4 is 23.2 Å². The molecular formula is C6H5Cl2NO2.